The third-order valence-electron chi connectivity index (χ3n) is 3.69. The molecule has 0 aliphatic heterocycles. The van der Waals surface area contributed by atoms with Crippen LogP contribution in [0.3, 0.4) is 0 Å². The highest BCUT2D eigenvalue weighted by molar-refractivity contribution is 7.86. The minimum atomic E-state index is -3.43. The minimum absolute atomic E-state index is 0.0412. The van der Waals surface area contributed by atoms with E-state index in [0.29, 0.717) is 19.3 Å². The molecular weight excluding hydrogens is 240 g/mol. The van der Waals surface area contributed by atoms with Gasteiger partial charge in [-0.05, 0) is 32.1 Å². The van der Waals surface area contributed by atoms with Crippen LogP contribution in [0.15, 0.2) is 11.6 Å². The molecule has 0 spiro atoms. The van der Waals surface area contributed by atoms with Crippen LogP contribution in [0.4, 0.5) is 0 Å². The summed E-state index contributed by atoms with van der Waals surface area (Å²) in [5.41, 5.74) is 1.21. The van der Waals surface area contributed by atoms with E-state index in [-0.39, 0.29) is 23.7 Å². The summed E-state index contributed by atoms with van der Waals surface area (Å²) in [6.45, 7) is 2.03. The number of rotatable bonds is 2. The number of fused-ring (bicyclic) bond motifs is 1. The molecule has 2 aliphatic rings. The van der Waals surface area contributed by atoms with Crippen LogP contribution < -0.4 is 0 Å². The smallest absolute Gasteiger partial charge is 0.264 e. The van der Waals surface area contributed by atoms with E-state index in [4.69, 9.17) is 4.18 Å². The molecule has 0 aromatic heterocycles. The molecule has 0 radical (unpaired) electrons. The lowest BCUT2D eigenvalue weighted by Gasteiger charge is -2.15. The highest BCUT2D eigenvalue weighted by atomic mass is 32.2. The summed E-state index contributed by atoms with van der Waals surface area (Å²) in [5, 5.41) is 0. The Labute approximate surface area is 102 Å². The molecule has 1 saturated carbocycles. The lowest BCUT2D eigenvalue weighted by Crippen LogP contribution is -2.18. The Bertz CT molecular complexity index is 449. The van der Waals surface area contributed by atoms with Crippen molar-refractivity contribution in [1.82, 2.24) is 0 Å². The van der Waals surface area contributed by atoms with Crippen molar-refractivity contribution >= 4 is 15.9 Å². The molecule has 0 unspecified atom stereocenters. The zero-order chi connectivity index (χ0) is 12.6. The molecule has 0 aromatic rings. The van der Waals surface area contributed by atoms with Gasteiger partial charge in [-0.2, -0.15) is 8.42 Å². The molecule has 2 aliphatic carbocycles. The normalized spacial score (nSPS) is 34.1. The number of allylic oxidation sites excluding steroid dienone is 2. The van der Waals surface area contributed by atoms with E-state index >= 15 is 0 Å². The quantitative estimate of drug-likeness (QED) is 0.558. The van der Waals surface area contributed by atoms with E-state index in [9.17, 15) is 13.2 Å². The monoisotopic (exact) mass is 258 g/mol. The van der Waals surface area contributed by atoms with Crippen LogP contribution in [0.2, 0.25) is 0 Å². The first-order valence-electron chi connectivity index (χ1n) is 5.94. The second-order valence-corrected chi connectivity index (χ2v) is 6.66. The van der Waals surface area contributed by atoms with E-state index in [1.165, 1.54) is 5.57 Å². The first-order valence-corrected chi connectivity index (χ1v) is 7.76. The molecule has 4 nitrogen and oxygen atoms in total. The van der Waals surface area contributed by atoms with Gasteiger partial charge in [0.25, 0.3) is 10.1 Å². The molecule has 17 heavy (non-hydrogen) atoms. The Morgan fingerprint density at radius 2 is 1.94 bits per heavy atom. The molecule has 96 valence electrons. The topological polar surface area (TPSA) is 60.4 Å². The molecule has 0 heterocycles. The number of hydrogen-bond donors (Lipinski definition) is 0. The van der Waals surface area contributed by atoms with Gasteiger partial charge in [-0.25, -0.2) is 0 Å². The molecule has 3 atom stereocenters. The van der Waals surface area contributed by atoms with Gasteiger partial charge >= 0.3 is 0 Å². The standard InChI is InChI=1S/C12H18O4S/c1-8-4-3-5-12(13)11-7-9(6-10(8)11)16-17(2,14)15/h4,9-11H,3,5-7H2,1-2H3/t9-,10+,11+/m1/s1. The van der Waals surface area contributed by atoms with Gasteiger partial charge < -0.3 is 0 Å². The minimum Gasteiger partial charge on any atom is -0.299 e. The van der Waals surface area contributed by atoms with Crippen molar-refractivity contribution in [3.05, 3.63) is 11.6 Å². The van der Waals surface area contributed by atoms with Crippen molar-refractivity contribution in [3.63, 3.8) is 0 Å². The lowest BCUT2D eigenvalue weighted by atomic mass is 9.88. The van der Waals surface area contributed by atoms with Gasteiger partial charge in [0, 0.05) is 12.3 Å². The van der Waals surface area contributed by atoms with Crippen molar-refractivity contribution in [2.45, 2.75) is 38.7 Å². The number of hydrogen-bond acceptors (Lipinski definition) is 4. The van der Waals surface area contributed by atoms with E-state index < -0.39 is 10.1 Å². The number of ketones is 1. The van der Waals surface area contributed by atoms with Crippen molar-refractivity contribution in [1.29, 1.82) is 0 Å². The average molecular weight is 258 g/mol. The maximum Gasteiger partial charge on any atom is 0.264 e. The summed E-state index contributed by atoms with van der Waals surface area (Å²) in [6, 6.07) is 0. The first-order chi connectivity index (χ1) is 7.87. The summed E-state index contributed by atoms with van der Waals surface area (Å²) in [4.78, 5) is 11.9. The molecule has 0 saturated heterocycles. The van der Waals surface area contributed by atoms with Crippen LogP contribution in [0.1, 0.15) is 32.6 Å². The maximum absolute atomic E-state index is 11.9. The second-order valence-electron chi connectivity index (χ2n) is 5.06. The van der Waals surface area contributed by atoms with Gasteiger partial charge in [-0.3, -0.25) is 8.98 Å². The molecule has 2 rings (SSSR count). The van der Waals surface area contributed by atoms with Crippen molar-refractivity contribution < 1.29 is 17.4 Å². The first kappa shape index (κ1) is 12.8. The predicted octanol–water partition coefficient (Wildman–Crippen LogP) is 1.67. The average Bonchev–Trinajstić information content (AvgIpc) is 2.53. The molecule has 0 aromatic carbocycles. The van der Waals surface area contributed by atoms with E-state index in [1.807, 2.05) is 6.92 Å². The van der Waals surface area contributed by atoms with Gasteiger partial charge in [0.2, 0.25) is 0 Å². The van der Waals surface area contributed by atoms with E-state index in [2.05, 4.69) is 6.08 Å². The fourth-order valence-corrected chi connectivity index (χ4v) is 3.61. The van der Waals surface area contributed by atoms with Crippen LogP contribution in [0.25, 0.3) is 0 Å². The van der Waals surface area contributed by atoms with Gasteiger partial charge in [0.1, 0.15) is 5.78 Å². The third kappa shape index (κ3) is 2.96. The van der Waals surface area contributed by atoms with Crippen LogP contribution in [-0.4, -0.2) is 26.6 Å². The summed E-state index contributed by atoms with van der Waals surface area (Å²) in [5.74, 6) is 0.389. The van der Waals surface area contributed by atoms with Crippen LogP contribution in [0.5, 0.6) is 0 Å². The highest BCUT2D eigenvalue weighted by Gasteiger charge is 2.41. The summed E-state index contributed by atoms with van der Waals surface area (Å²) >= 11 is 0. The lowest BCUT2D eigenvalue weighted by molar-refractivity contribution is -0.123. The summed E-state index contributed by atoms with van der Waals surface area (Å²) in [7, 11) is -3.43. The summed E-state index contributed by atoms with van der Waals surface area (Å²) < 4.78 is 27.2. The number of Topliss-reactive ketones (excluding diaryl/α,β-unsaturated/α-hetero) is 1. The van der Waals surface area contributed by atoms with E-state index in [1.54, 1.807) is 0 Å². The van der Waals surface area contributed by atoms with Gasteiger partial charge in [-0.15, -0.1) is 0 Å². The number of carbonyl (C=O) groups is 1. The Kier molecular flexibility index (Phi) is 3.41. The van der Waals surface area contributed by atoms with Gasteiger partial charge in [0.05, 0.1) is 12.4 Å². The molecular formula is C12H18O4S. The second kappa shape index (κ2) is 4.53. The predicted molar refractivity (Wildman–Crippen MR) is 63.9 cm³/mol. The Hall–Kier alpha value is -0.680. The van der Waals surface area contributed by atoms with Crippen molar-refractivity contribution in [2.24, 2.45) is 11.8 Å². The SMILES string of the molecule is CC1=CCCC(=O)[C@H]2C[C@H](OS(C)(=O)=O)C[C@@H]12. The van der Waals surface area contributed by atoms with Crippen molar-refractivity contribution in [2.75, 3.05) is 6.26 Å². The Morgan fingerprint density at radius 3 is 2.59 bits per heavy atom. The zero-order valence-corrected chi connectivity index (χ0v) is 11.0. The maximum atomic E-state index is 11.9. The molecule has 0 N–H and O–H groups in total. The largest absolute Gasteiger partial charge is 0.299 e. The molecule has 0 bridgehead atoms. The molecule has 0 amide bonds. The third-order valence-corrected chi connectivity index (χ3v) is 4.31. The Balaban J connectivity index is 2.14. The van der Waals surface area contributed by atoms with Crippen LogP contribution in [0, 0.1) is 11.8 Å². The molecule has 1 fully saturated rings. The summed E-state index contributed by atoms with van der Waals surface area (Å²) in [6.07, 6.45) is 5.41. The fourth-order valence-electron chi connectivity index (χ4n) is 2.95. The molecule has 5 heteroatoms. The van der Waals surface area contributed by atoms with Crippen molar-refractivity contribution in [3.8, 4) is 0 Å². The Morgan fingerprint density at radius 1 is 1.29 bits per heavy atom. The zero-order valence-electron chi connectivity index (χ0n) is 10.2. The van der Waals surface area contributed by atoms with Gasteiger partial charge in [-0.1, -0.05) is 11.6 Å². The van der Waals surface area contributed by atoms with Crippen LogP contribution >= 0.6 is 0 Å². The number of carbonyl (C=O) groups excluding carboxylic acids is 1. The highest BCUT2D eigenvalue weighted by Crippen LogP contribution is 2.41. The van der Waals surface area contributed by atoms with Crippen LogP contribution in [-0.2, 0) is 19.1 Å². The van der Waals surface area contributed by atoms with E-state index in [0.717, 1.165) is 12.7 Å². The van der Waals surface area contributed by atoms with Gasteiger partial charge in [0.15, 0.2) is 0 Å². The fraction of sp³-hybridized carbons (Fsp3) is 0.750.